The van der Waals surface area contributed by atoms with Crippen LogP contribution in [0.3, 0.4) is 0 Å². The number of carbonyl (C=O) groups excluding carboxylic acids is 2. The Balaban J connectivity index is 1.71. The topological polar surface area (TPSA) is 49.9 Å². The third-order valence-corrected chi connectivity index (χ3v) is 5.04. The summed E-state index contributed by atoms with van der Waals surface area (Å²) in [5.74, 6) is 0.496. The van der Waals surface area contributed by atoms with Crippen LogP contribution in [-0.4, -0.2) is 35.9 Å². The zero-order chi connectivity index (χ0) is 20.1. The number of hydrogen-bond acceptors (Lipinski definition) is 3. The lowest BCUT2D eigenvalue weighted by atomic mass is 10.1. The number of benzene rings is 2. The Morgan fingerprint density at radius 2 is 1.82 bits per heavy atom. The van der Waals surface area contributed by atoms with Crippen molar-refractivity contribution in [3.05, 3.63) is 60.2 Å². The van der Waals surface area contributed by atoms with E-state index in [4.69, 9.17) is 4.74 Å². The first-order chi connectivity index (χ1) is 13.5. The highest BCUT2D eigenvalue weighted by Gasteiger charge is 2.37. The van der Waals surface area contributed by atoms with Crippen molar-refractivity contribution in [2.24, 2.45) is 5.92 Å². The average Bonchev–Trinajstić information content (AvgIpc) is 3.09. The van der Waals surface area contributed by atoms with E-state index in [2.05, 4.69) is 0 Å². The van der Waals surface area contributed by atoms with Crippen LogP contribution in [0.1, 0.15) is 32.8 Å². The fraction of sp³-hybridized carbons (Fsp3) is 0.391. The lowest BCUT2D eigenvalue weighted by Gasteiger charge is -2.29. The van der Waals surface area contributed by atoms with Gasteiger partial charge in [0.25, 0.3) is 0 Å². The molecule has 1 saturated heterocycles. The van der Waals surface area contributed by atoms with E-state index in [1.807, 2.05) is 80.3 Å². The second kappa shape index (κ2) is 8.91. The molecule has 2 amide bonds. The maximum atomic E-state index is 13.2. The highest BCUT2D eigenvalue weighted by Crippen LogP contribution is 2.28. The van der Waals surface area contributed by atoms with Crippen LogP contribution in [0.5, 0.6) is 5.75 Å². The number of nitrogens with zero attached hydrogens (tertiary/aromatic N) is 2. The highest BCUT2D eigenvalue weighted by molar-refractivity contribution is 6.00. The number of hydrogen-bond donors (Lipinski definition) is 0. The molecule has 5 nitrogen and oxygen atoms in total. The maximum absolute atomic E-state index is 13.2. The monoisotopic (exact) mass is 380 g/mol. The summed E-state index contributed by atoms with van der Waals surface area (Å²) in [4.78, 5) is 29.3. The van der Waals surface area contributed by atoms with Gasteiger partial charge in [0.2, 0.25) is 11.8 Å². The third kappa shape index (κ3) is 4.53. The quantitative estimate of drug-likeness (QED) is 0.733. The highest BCUT2D eigenvalue weighted by atomic mass is 16.5. The molecule has 1 heterocycles. The second-order valence-electron chi connectivity index (χ2n) is 7.38. The Morgan fingerprint density at radius 3 is 2.43 bits per heavy atom. The summed E-state index contributed by atoms with van der Waals surface area (Å²) in [5.41, 5.74) is 1.90. The van der Waals surface area contributed by atoms with Gasteiger partial charge >= 0.3 is 0 Å². The molecule has 1 aliphatic heterocycles. The van der Waals surface area contributed by atoms with Gasteiger partial charge in [-0.05, 0) is 50.6 Å². The van der Waals surface area contributed by atoms with E-state index in [0.29, 0.717) is 19.7 Å². The number of amides is 2. The van der Waals surface area contributed by atoms with Gasteiger partial charge in [-0.25, -0.2) is 0 Å². The van der Waals surface area contributed by atoms with E-state index in [9.17, 15) is 9.59 Å². The largest absolute Gasteiger partial charge is 0.494 e. The van der Waals surface area contributed by atoms with E-state index in [0.717, 1.165) is 17.0 Å². The van der Waals surface area contributed by atoms with Crippen molar-refractivity contribution in [3.63, 3.8) is 0 Å². The van der Waals surface area contributed by atoms with E-state index in [1.54, 1.807) is 4.90 Å². The molecule has 1 fully saturated rings. The van der Waals surface area contributed by atoms with Crippen molar-refractivity contribution in [1.82, 2.24) is 4.90 Å². The van der Waals surface area contributed by atoms with E-state index < -0.39 is 0 Å². The standard InChI is InChI=1S/C23H28N2O3/c1-4-28-21-12-10-20(11-13-21)25-16-19(14-22(25)26)23(27)24(17(2)3)15-18-8-6-5-7-9-18/h5-13,17,19H,4,14-16H2,1-3H3. The summed E-state index contributed by atoms with van der Waals surface area (Å²) in [5, 5.41) is 0. The Labute approximate surface area is 166 Å². The fourth-order valence-electron chi connectivity index (χ4n) is 3.54. The molecular formula is C23H28N2O3. The van der Waals surface area contributed by atoms with Crippen molar-refractivity contribution in [2.75, 3.05) is 18.1 Å². The lowest BCUT2D eigenvalue weighted by molar-refractivity contribution is -0.138. The summed E-state index contributed by atoms with van der Waals surface area (Å²) in [6, 6.07) is 17.5. The first-order valence-corrected chi connectivity index (χ1v) is 9.87. The average molecular weight is 380 g/mol. The molecule has 0 saturated carbocycles. The molecule has 148 valence electrons. The van der Waals surface area contributed by atoms with E-state index >= 15 is 0 Å². The molecule has 5 heteroatoms. The molecule has 0 aliphatic carbocycles. The van der Waals surface area contributed by atoms with Crippen LogP contribution in [0.25, 0.3) is 0 Å². The van der Waals surface area contributed by atoms with Gasteiger partial charge in [-0.15, -0.1) is 0 Å². The summed E-state index contributed by atoms with van der Waals surface area (Å²) in [6.45, 7) is 7.55. The minimum Gasteiger partial charge on any atom is -0.494 e. The van der Waals surface area contributed by atoms with Gasteiger partial charge in [0.1, 0.15) is 5.75 Å². The first-order valence-electron chi connectivity index (χ1n) is 9.87. The number of ether oxygens (including phenoxy) is 1. The normalized spacial score (nSPS) is 16.5. The second-order valence-corrected chi connectivity index (χ2v) is 7.38. The van der Waals surface area contributed by atoms with Gasteiger partial charge in [-0.1, -0.05) is 30.3 Å². The lowest BCUT2D eigenvalue weighted by Crippen LogP contribution is -2.41. The molecule has 1 atom stereocenters. The molecule has 1 aliphatic rings. The molecule has 28 heavy (non-hydrogen) atoms. The molecule has 0 spiro atoms. The van der Waals surface area contributed by atoms with Crippen LogP contribution in [0, 0.1) is 5.92 Å². The minimum absolute atomic E-state index is 0.00840. The smallest absolute Gasteiger partial charge is 0.228 e. The van der Waals surface area contributed by atoms with Gasteiger partial charge in [-0.3, -0.25) is 9.59 Å². The molecule has 2 aromatic carbocycles. The van der Waals surface area contributed by atoms with Crippen molar-refractivity contribution in [1.29, 1.82) is 0 Å². The molecule has 0 aromatic heterocycles. The van der Waals surface area contributed by atoms with Crippen molar-refractivity contribution in [3.8, 4) is 5.75 Å². The Morgan fingerprint density at radius 1 is 1.14 bits per heavy atom. The SMILES string of the molecule is CCOc1ccc(N2CC(C(=O)N(Cc3ccccc3)C(C)C)CC2=O)cc1. The fourth-order valence-corrected chi connectivity index (χ4v) is 3.54. The summed E-state index contributed by atoms with van der Waals surface area (Å²) in [7, 11) is 0. The van der Waals surface area contributed by atoms with Gasteiger partial charge in [0, 0.05) is 31.2 Å². The molecule has 2 aromatic rings. The van der Waals surface area contributed by atoms with Crippen LogP contribution < -0.4 is 9.64 Å². The third-order valence-electron chi connectivity index (χ3n) is 5.04. The van der Waals surface area contributed by atoms with Crippen LogP contribution >= 0.6 is 0 Å². The predicted octanol–water partition coefficient (Wildman–Crippen LogP) is 3.88. The van der Waals surface area contributed by atoms with Gasteiger partial charge < -0.3 is 14.5 Å². The molecule has 0 bridgehead atoms. The Hall–Kier alpha value is -2.82. The van der Waals surface area contributed by atoms with Crippen LogP contribution in [-0.2, 0) is 16.1 Å². The predicted molar refractivity (Wildman–Crippen MR) is 110 cm³/mol. The van der Waals surface area contributed by atoms with Gasteiger partial charge in [-0.2, -0.15) is 0 Å². The Bertz CT molecular complexity index is 802. The summed E-state index contributed by atoms with van der Waals surface area (Å²) in [6.07, 6.45) is 0.254. The van der Waals surface area contributed by atoms with Gasteiger partial charge in [0.15, 0.2) is 0 Å². The summed E-state index contributed by atoms with van der Waals surface area (Å²) < 4.78 is 5.46. The van der Waals surface area contributed by atoms with E-state index in [1.165, 1.54) is 0 Å². The molecule has 0 radical (unpaired) electrons. The number of rotatable bonds is 7. The van der Waals surface area contributed by atoms with Crippen LogP contribution in [0.2, 0.25) is 0 Å². The number of carbonyl (C=O) groups is 2. The zero-order valence-electron chi connectivity index (χ0n) is 16.8. The van der Waals surface area contributed by atoms with E-state index in [-0.39, 0.29) is 30.2 Å². The van der Waals surface area contributed by atoms with Crippen molar-refractivity contribution < 1.29 is 14.3 Å². The van der Waals surface area contributed by atoms with Crippen LogP contribution in [0.4, 0.5) is 5.69 Å². The van der Waals surface area contributed by atoms with Crippen molar-refractivity contribution in [2.45, 2.75) is 39.8 Å². The molecule has 1 unspecified atom stereocenters. The van der Waals surface area contributed by atoms with Crippen LogP contribution in [0.15, 0.2) is 54.6 Å². The number of anilines is 1. The zero-order valence-corrected chi connectivity index (χ0v) is 16.8. The maximum Gasteiger partial charge on any atom is 0.228 e. The molecule has 0 N–H and O–H groups in total. The molecular weight excluding hydrogens is 352 g/mol. The Kier molecular flexibility index (Phi) is 6.34. The summed E-state index contributed by atoms with van der Waals surface area (Å²) >= 11 is 0. The van der Waals surface area contributed by atoms with Crippen molar-refractivity contribution >= 4 is 17.5 Å². The molecule has 3 rings (SSSR count). The first kappa shape index (κ1) is 19.9. The minimum atomic E-state index is -0.315. The van der Waals surface area contributed by atoms with Gasteiger partial charge in [0.05, 0.1) is 12.5 Å².